The van der Waals surface area contributed by atoms with Gasteiger partial charge in [0.2, 0.25) is 0 Å². The summed E-state index contributed by atoms with van der Waals surface area (Å²) in [6.07, 6.45) is 4.13. The number of nitrogens with one attached hydrogen (secondary N) is 2. The number of aromatic nitrogens is 2. The van der Waals surface area contributed by atoms with Gasteiger partial charge >= 0.3 is 0 Å². The number of anilines is 2. The number of rotatable bonds is 9. The topological polar surface area (TPSA) is 88.7 Å². The molecule has 200 valence electrons. The zero-order valence-electron chi connectivity index (χ0n) is 22.4. The van der Waals surface area contributed by atoms with Crippen LogP contribution in [0.3, 0.4) is 0 Å². The number of methoxy groups -OCH3 is 1. The Morgan fingerprint density at radius 3 is 2.55 bits per heavy atom. The molecule has 0 amide bonds. The lowest BCUT2D eigenvalue weighted by Gasteiger charge is -2.29. The SMILES string of the molecule is COCOc1cccc(Nc2ccnc3[nH]c(-c4ccc(OC5CCN(C)CC5)cc4)cc23)c1P(C)(C)=O. The standard InChI is InChI=1S/C29H35N4O4P/c1-33-16-13-22(14-17-33)37-21-10-8-20(9-11-21)26-18-23-24(12-15-30-29(23)32-26)31-25-6-5-7-27(36-19-35-2)28(25)38(3,4)34/h5-12,15,18,22H,13-14,16-17,19H2,1-4H3,(H2,30,31,32). The van der Waals surface area contributed by atoms with Gasteiger partial charge in [-0.2, -0.15) is 0 Å². The fraction of sp³-hybridized carbons (Fsp3) is 0.345. The van der Waals surface area contributed by atoms with Crippen LogP contribution in [-0.2, 0) is 9.30 Å². The Bertz CT molecular complexity index is 1440. The van der Waals surface area contributed by atoms with Gasteiger partial charge < -0.3 is 34.0 Å². The maximum atomic E-state index is 13.2. The van der Waals surface area contributed by atoms with E-state index in [1.54, 1.807) is 26.6 Å². The molecular weight excluding hydrogens is 499 g/mol. The van der Waals surface area contributed by atoms with E-state index in [9.17, 15) is 4.57 Å². The first-order valence-corrected chi connectivity index (χ1v) is 15.4. The molecule has 38 heavy (non-hydrogen) atoms. The number of ether oxygens (including phenoxy) is 3. The van der Waals surface area contributed by atoms with Crippen molar-refractivity contribution >= 4 is 34.9 Å². The zero-order chi connectivity index (χ0) is 26.7. The molecule has 0 saturated carbocycles. The largest absolute Gasteiger partial charge is 0.490 e. The molecule has 0 spiro atoms. The van der Waals surface area contributed by atoms with E-state index >= 15 is 0 Å². The number of likely N-dealkylation sites (tertiary alicyclic amines) is 1. The van der Waals surface area contributed by atoms with Gasteiger partial charge in [0.1, 0.15) is 30.4 Å². The van der Waals surface area contributed by atoms with Crippen molar-refractivity contribution in [2.75, 3.05) is 52.7 Å². The van der Waals surface area contributed by atoms with E-state index in [0.29, 0.717) is 11.1 Å². The van der Waals surface area contributed by atoms with Crippen molar-refractivity contribution in [3.05, 3.63) is 60.8 Å². The van der Waals surface area contributed by atoms with E-state index in [4.69, 9.17) is 14.2 Å². The van der Waals surface area contributed by atoms with Gasteiger partial charge in [-0.1, -0.05) is 6.07 Å². The zero-order valence-corrected chi connectivity index (χ0v) is 23.3. The van der Waals surface area contributed by atoms with Gasteiger partial charge in [0.05, 0.1) is 16.7 Å². The Hall–Kier alpha value is -3.32. The summed E-state index contributed by atoms with van der Waals surface area (Å²) in [5.74, 6) is 1.44. The average Bonchev–Trinajstić information content (AvgIpc) is 3.34. The van der Waals surface area contributed by atoms with E-state index in [2.05, 4.69) is 45.4 Å². The molecule has 0 aliphatic carbocycles. The Balaban J connectivity index is 1.40. The molecule has 3 heterocycles. The summed E-state index contributed by atoms with van der Waals surface area (Å²) in [6.45, 7) is 5.70. The molecule has 0 atom stereocenters. The molecule has 0 bridgehead atoms. The normalized spacial score (nSPS) is 15.1. The van der Waals surface area contributed by atoms with E-state index in [1.807, 2.05) is 36.4 Å². The average molecular weight is 535 g/mol. The number of hydrogen-bond donors (Lipinski definition) is 2. The maximum absolute atomic E-state index is 13.2. The highest BCUT2D eigenvalue weighted by Gasteiger charge is 2.23. The molecule has 0 unspecified atom stereocenters. The van der Waals surface area contributed by atoms with Crippen molar-refractivity contribution < 1.29 is 18.8 Å². The lowest BCUT2D eigenvalue weighted by Crippen LogP contribution is -2.35. The van der Waals surface area contributed by atoms with Crippen LogP contribution >= 0.6 is 7.14 Å². The number of aromatic amines is 1. The minimum absolute atomic E-state index is 0.0823. The van der Waals surface area contributed by atoms with Gasteiger partial charge in [-0.05, 0) is 87.3 Å². The molecule has 2 aromatic carbocycles. The number of nitrogens with zero attached hydrogens (tertiary/aromatic N) is 2. The van der Waals surface area contributed by atoms with Gasteiger partial charge in [0.25, 0.3) is 0 Å². The van der Waals surface area contributed by atoms with Crippen LogP contribution in [-0.4, -0.2) is 68.3 Å². The van der Waals surface area contributed by atoms with Crippen LogP contribution in [0, 0.1) is 0 Å². The maximum Gasteiger partial charge on any atom is 0.188 e. The third-order valence-electron chi connectivity index (χ3n) is 6.80. The second kappa shape index (κ2) is 11.2. The highest BCUT2D eigenvalue weighted by molar-refractivity contribution is 7.70. The van der Waals surface area contributed by atoms with Crippen LogP contribution in [0.4, 0.5) is 11.4 Å². The predicted molar refractivity (Wildman–Crippen MR) is 154 cm³/mol. The first-order valence-electron chi connectivity index (χ1n) is 12.8. The lowest BCUT2D eigenvalue weighted by atomic mass is 10.1. The summed E-state index contributed by atoms with van der Waals surface area (Å²) < 4.78 is 30.3. The minimum atomic E-state index is -2.68. The molecule has 0 radical (unpaired) electrons. The van der Waals surface area contributed by atoms with Crippen molar-refractivity contribution in [1.29, 1.82) is 0 Å². The number of H-pyrrole nitrogens is 1. The molecule has 2 N–H and O–H groups in total. The fourth-order valence-electron chi connectivity index (χ4n) is 4.86. The van der Waals surface area contributed by atoms with Crippen LogP contribution in [0.5, 0.6) is 11.5 Å². The highest BCUT2D eigenvalue weighted by Crippen LogP contribution is 2.43. The third kappa shape index (κ3) is 5.88. The first kappa shape index (κ1) is 26.3. The summed E-state index contributed by atoms with van der Waals surface area (Å²) in [7, 11) is 1.04. The number of pyridine rings is 1. The Labute approximate surface area is 223 Å². The number of piperidine rings is 1. The van der Waals surface area contributed by atoms with Crippen LogP contribution in [0.1, 0.15) is 12.8 Å². The number of fused-ring (bicyclic) bond motifs is 1. The number of hydrogen-bond acceptors (Lipinski definition) is 7. The molecule has 2 aromatic heterocycles. The van der Waals surface area contributed by atoms with Gasteiger partial charge in [-0.15, -0.1) is 0 Å². The molecule has 1 saturated heterocycles. The van der Waals surface area contributed by atoms with Gasteiger partial charge in [0.15, 0.2) is 6.79 Å². The van der Waals surface area contributed by atoms with E-state index in [0.717, 1.165) is 65.3 Å². The van der Waals surface area contributed by atoms with Crippen molar-refractivity contribution in [2.45, 2.75) is 18.9 Å². The summed E-state index contributed by atoms with van der Waals surface area (Å²) in [6, 6.07) is 17.8. The van der Waals surface area contributed by atoms with Gasteiger partial charge in [0, 0.05) is 37.5 Å². The predicted octanol–water partition coefficient (Wildman–Crippen LogP) is 5.68. The molecule has 1 aliphatic rings. The van der Waals surface area contributed by atoms with Crippen molar-refractivity contribution in [2.24, 2.45) is 0 Å². The molecule has 1 fully saturated rings. The summed E-state index contributed by atoms with van der Waals surface area (Å²) >= 11 is 0. The Kier molecular flexibility index (Phi) is 7.75. The molecule has 4 aromatic rings. The molecular formula is C29H35N4O4P. The third-order valence-corrected chi connectivity index (χ3v) is 8.34. The molecule has 1 aliphatic heterocycles. The minimum Gasteiger partial charge on any atom is -0.490 e. The van der Waals surface area contributed by atoms with Crippen LogP contribution < -0.4 is 20.1 Å². The number of benzene rings is 2. The second-order valence-electron chi connectivity index (χ2n) is 10.1. The molecule has 8 nitrogen and oxygen atoms in total. The van der Waals surface area contributed by atoms with Crippen molar-refractivity contribution in [3.8, 4) is 22.8 Å². The van der Waals surface area contributed by atoms with E-state index in [1.165, 1.54) is 0 Å². The summed E-state index contributed by atoms with van der Waals surface area (Å²) in [5, 5.41) is 5.07. The van der Waals surface area contributed by atoms with Crippen molar-refractivity contribution in [3.63, 3.8) is 0 Å². The molecule has 9 heteroatoms. The second-order valence-corrected chi connectivity index (χ2v) is 13.3. The Morgan fingerprint density at radius 2 is 1.84 bits per heavy atom. The quantitative estimate of drug-likeness (QED) is 0.211. The fourth-order valence-corrected chi connectivity index (χ4v) is 6.24. The van der Waals surface area contributed by atoms with E-state index < -0.39 is 7.14 Å². The molecule has 5 rings (SSSR count). The Morgan fingerprint density at radius 1 is 1.08 bits per heavy atom. The van der Waals surface area contributed by atoms with Crippen LogP contribution in [0.15, 0.2) is 60.8 Å². The van der Waals surface area contributed by atoms with E-state index in [-0.39, 0.29) is 12.9 Å². The smallest absolute Gasteiger partial charge is 0.188 e. The van der Waals surface area contributed by atoms with Crippen LogP contribution in [0.25, 0.3) is 22.3 Å². The van der Waals surface area contributed by atoms with Gasteiger partial charge in [-0.25, -0.2) is 4.98 Å². The summed E-state index contributed by atoms with van der Waals surface area (Å²) in [4.78, 5) is 10.3. The monoisotopic (exact) mass is 534 g/mol. The van der Waals surface area contributed by atoms with Gasteiger partial charge in [-0.3, -0.25) is 0 Å². The lowest BCUT2D eigenvalue weighted by molar-refractivity contribution is 0.0519. The van der Waals surface area contributed by atoms with Crippen LogP contribution in [0.2, 0.25) is 0 Å². The first-order chi connectivity index (χ1) is 18.3. The van der Waals surface area contributed by atoms with Crippen molar-refractivity contribution in [1.82, 2.24) is 14.9 Å². The highest BCUT2D eigenvalue weighted by atomic mass is 31.2. The summed E-state index contributed by atoms with van der Waals surface area (Å²) in [5.41, 5.74) is 4.37.